The monoisotopic (exact) mass is 409 g/mol. The van der Waals surface area contributed by atoms with Crippen LogP contribution in [0.15, 0.2) is 29.2 Å². The third-order valence-corrected chi connectivity index (χ3v) is 5.85. The van der Waals surface area contributed by atoms with Crippen LogP contribution in [0.3, 0.4) is 0 Å². The van der Waals surface area contributed by atoms with Crippen molar-refractivity contribution in [3.63, 3.8) is 0 Å². The molecule has 1 rings (SSSR count). The lowest BCUT2D eigenvalue weighted by Crippen LogP contribution is -2.55. The number of hydrogen-bond acceptors (Lipinski definition) is 4. The molecule has 150 valence electrons. The molecule has 9 heteroatoms. The van der Waals surface area contributed by atoms with E-state index in [9.17, 15) is 17.6 Å². The van der Waals surface area contributed by atoms with Crippen molar-refractivity contribution >= 4 is 28.3 Å². The zero-order valence-corrected chi connectivity index (χ0v) is 17.2. The van der Waals surface area contributed by atoms with Crippen LogP contribution in [0, 0.1) is 11.7 Å². The van der Waals surface area contributed by atoms with Gasteiger partial charge in [-0.3, -0.25) is 4.79 Å². The van der Waals surface area contributed by atoms with E-state index in [2.05, 4.69) is 10.0 Å². The molecule has 1 unspecified atom stereocenters. The fourth-order valence-corrected chi connectivity index (χ4v) is 3.68. The lowest BCUT2D eigenvalue weighted by Gasteiger charge is -2.29. The average molecular weight is 410 g/mol. The summed E-state index contributed by atoms with van der Waals surface area (Å²) in [5.41, 5.74) is 5.62. The second-order valence-electron chi connectivity index (χ2n) is 6.56. The fourth-order valence-electron chi connectivity index (χ4n) is 2.26. The van der Waals surface area contributed by atoms with Gasteiger partial charge in [-0.15, -0.1) is 12.4 Å². The van der Waals surface area contributed by atoms with Crippen molar-refractivity contribution in [3.8, 4) is 0 Å². The highest BCUT2D eigenvalue weighted by atomic mass is 35.5. The van der Waals surface area contributed by atoms with Crippen LogP contribution in [0.5, 0.6) is 0 Å². The number of carbonyl (C=O) groups is 1. The number of hydrogen-bond donors (Lipinski definition) is 3. The summed E-state index contributed by atoms with van der Waals surface area (Å²) in [5.74, 6) is -1.67. The maximum Gasteiger partial charge on any atom is 0.244 e. The van der Waals surface area contributed by atoms with Crippen LogP contribution < -0.4 is 15.8 Å². The summed E-state index contributed by atoms with van der Waals surface area (Å²) in [6.07, 6.45) is 1.36. The van der Waals surface area contributed by atoms with Gasteiger partial charge in [0.2, 0.25) is 15.9 Å². The van der Waals surface area contributed by atoms with Gasteiger partial charge in [-0.05, 0) is 30.9 Å². The number of carbonyl (C=O) groups excluding carboxylic acids is 1. The molecule has 1 amide bonds. The van der Waals surface area contributed by atoms with E-state index in [4.69, 9.17) is 5.73 Å². The van der Waals surface area contributed by atoms with Gasteiger partial charge in [-0.1, -0.05) is 39.8 Å². The zero-order chi connectivity index (χ0) is 19.3. The smallest absolute Gasteiger partial charge is 0.244 e. The van der Waals surface area contributed by atoms with E-state index in [1.54, 1.807) is 13.8 Å². The standard InChI is InChI=1S/C17H28FN3O3S.ClH/c1-5-17(19,6-2)11-20-16(22)15(12(3)4)21-25(23,24)14-10-8-7-9-13(14)18;/h7-10,12,15,21H,5-6,11,19H2,1-4H3,(H,20,22);1H. The highest BCUT2D eigenvalue weighted by Crippen LogP contribution is 2.16. The summed E-state index contributed by atoms with van der Waals surface area (Å²) >= 11 is 0. The van der Waals surface area contributed by atoms with E-state index in [0.717, 1.165) is 12.1 Å². The van der Waals surface area contributed by atoms with Crippen molar-refractivity contribution in [2.24, 2.45) is 11.7 Å². The minimum absolute atomic E-state index is 0. The van der Waals surface area contributed by atoms with Gasteiger partial charge in [0.05, 0.1) is 0 Å². The number of nitrogens with two attached hydrogens (primary N) is 1. The molecule has 1 aromatic carbocycles. The highest BCUT2D eigenvalue weighted by Gasteiger charge is 2.31. The first kappa shape index (κ1) is 24.8. The Morgan fingerprint density at radius 3 is 2.23 bits per heavy atom. The number of sulfonamides is 1. The van der Waals surface area contributed by atoms with E-state index in [0.29, 0.717) is 12.8 Å². The molecule has 0 aliphatic heterocycles. The molecule has 0 aromatic heterocycles. The Morgan fingerprint density at radius 1 is 1.23 bits per heavy atom. The van der Waals surface area contributed by atoms with Crippen molar-refractivity contribution in [2.75, 3.05) is 6.54 Å². The summed E-state index contributed by atoms with van der Waals surface area (Å²) < 4.78 is 41.0. The van der Waals surface area contributed by atoms with Gasteiger partial charge in [-0.25, -0.2) is 12.8 Å². The molecule has 0 aliphatic rings. The molecule has 1 atom stereocenters. The van der Waals surface area contributed by atoms with Gasteiger partial charge in [0.25, 0.3) is 0 Å². The Bertz CT molecular complexity index is 694. The van der Waals surface area contributed by atoms with Crippen molar-refractivity contribution < 1.29 is 17.6 Å². The van der Waals surface area contributed by atoms with Crippen LogP contribution in [0.2, 0.25) is 0 Å². The third-order valence-electron chi connectivity index (χ3n) is 4.38. The van der Waals surface area contributed by atoms with Crippen molar-refractivity contribution in [3.05, 3.63) is 30.1 Å². The number of rotatable bonds is 9. The Balaban J connectivity index is 0.00000625. The SMILES string of the molecule is CCC(N)(CC)CNC(=O)C(NS(=O)(=O)c1ccccc1F)C(C)C.Cl. The highest BCUT2D eigenvalue weighted by molar-refractivity contribution is 7.89. The van der Waals surface area contributed by atoms with E-state index in [1.165, 1.54) is 12.1 Å². The molecule has 0 spiro atoms. The van der Waals surface area contributed by atoms with Gasteiger partial charge in [0, 0.05) is 12.1 Å². The third kappa shape index (κ3) is 6.50. The molecular formula is C17H29ClFN3O3S. The van der Waals surface area contributed by atoms with Crippen molar-refractivity contribution in [2.45, 2.75) is 57.0 Å². The Labute approximate surface area is 161 Å². The first-order chi connectivity index (χ1) is 11.6. The molecule has 26 heavy (non-hydrogen) atoms. The topological polar surface area (TPSA) is 101 Å². The number of benzene rings is 1. The maximum atomic E-state index is 13.8. The quantitative estimate of drug-likeness (QED) is 0.581. The minimum Gasteiger partial charge on any atom is -0.353 e. The van der Waals surface area contributed by atoms with Crippen molar-refractivity contribution in [1.82, 2.24) is 10.0 Å². The van der Waals surface area contributed by atoms with Crippen LogP contribution in [0.25, 0.3) is 0 Å². The van der Waals surface area contributed by atoms with Crippen LogP contribution in [-0.4, -0.2) is 32.5 Å². The molecule has 4 N–H and O–H groups in total. The van der Waals surface area contributed by atoms with Gasteiger partial charge in [0.1, 0.15) is 16.8 Å². The van der Waals surface area contributed by atoms with E-state index < -0.39 is 38.2 Å². The Kier molecular flexibility index (Phi) is 9.72. The molecule has 1 aromatic rings. The lowest BCUT2D eigenvalue weighted by molar-refractivity contribution is -0.123. The normalized spacial score (nSPS) is 13.2. The molecule has 0 bridgehead atoms. The van der Waals surface area contributed by atoms with Crippen LogP contribution in [0.4, 0.5) is 4.39 Å². The predicted molar refractivity (Wildman–Crippen MR) is 103 cm³/mol. The second kappa shape index (κ2) is 10.2. The van der Waals surface area contributed by atoms with E-state index in [1.807, 2.05) is 13.8 Å². The summed E-state index contributed by atoms with van der Waals surface area (Å²) in [6.45, 7) is 7.52. The molecule has 0 heterocycles. The van der Waals surface area contributed by atoms with Crippen LogP contribution >= 0.6 is 12.4 Å². The second-order valence-corrected chi connectivity index (χ2v) is 8.24. The number of halogens is 2. The van der Waals surface area contributed by atoms with Crippen LogP contribution in [-0.2, 0) is 14.8 Å². The zero-order valence-electron chi connectivity index (χ0n) is 15.6. The van der Waals surface area contributed by atoms with Gasteiger partial charge >= 0.3 is 0 Å². The Morgan fingerprint density at radius 2 is 1.77 bits per heavy atom. The number of nitrogens with one attached hydrogen (secondary N) is 2. The van der Waals surface area contributed by atoms with E-state index in [-0.39, 0.29) is 24.9 Å². The summed E-state index contributed by atoms with van der Waals surface area (Å²) in [5, 5.41) is 2.71. The minimum atomic E-state index is -4.16. The molecule has 0 saturated carbocycles. The molecular weight excluding hydrogens is 381 g/mol. The lowest BCUT2D eigenvalue weighted by atomic mass is 9.94. The molecule has 0 aliphatic carbocycles. The van der Waals surface area contributed by atoms with Gasteiger partial charge in [0.15, 0.2) is 0 Å². The molecule has 0 fully saturated rings. The van der Waals surface area contributed by atoms with Gasteiger partial charge < -0.3 is 11.1 Å². The van der Waals surface area contributed by atoms with Crippen LogP contribution in [0.1, 0.15) is 40.5 Å². The summed E-state index contributed by atoms with van der Waals surface area (Å²) in [7, 11) is -4.16. The van der Waals surface area contributed by atoms with Gasteiger partial charge in [-0.2, -0.15) is 4.72 Å². The predicted octanol–water partition coefficient (Wildman–Crippen LogP) is 2.18. The number of amides is 1. The molecule has 6 nitrogen and oxygen atoms in total. The summed E-state index contributed by atoms with van der Waals surface area (Å²) in [4.78, 5) is 12.0. The largest absolute Gasteiger partial charge is 0.353 e. The molecule has 0 saturated heterocycles. The maximum absolute atomic E-state index is 13.8. The fraction of sp³-hybridized carbons (Fsp3) is 0.588. The van der Waals surface area contributed by atoms with Crippen molar-refractivity contribution in [1.29, 1.82) is 0 Å². The first-order valence-corrected chi connectivity index (χ1v) is 9.88. The first-order valence-electron chi connectivity index (χ1n) is 8.39. The Hall–Kier alpha value is -1.22. The average Bonchev–Trinajstić information content (AvgIpc) is 2.57. The summed E-state index contributed by atoms with van der Waals surface area (Å²) in [6, 6.07) is 4.02. The molecule has 0 radical (unpaired) electrons. The van der Waals surface area contributed by atoms with E-state index >= 15 is 0 Å².